The molecule has 4 nitrogen and oxygen atoms in total. The zero-order chi connectivity index (χ0) is 15.6. The van der Waals surface area contributed by atoms with Gasteiger partial charge in [-0.1, -0.05) is 12.1 Å². The van der Waals surface area contributed by atoms with Crippen LogP contribution in [0.1, 0.15) is 34.1 Å². The van der Waals surface area contributed by atoms with E-state index < -0.39 is 0 Å². The predicted molar refractivity (Wildman–Crippen MR) is 81.6 cm³/mol. The lowest BCUT2D eigenvalue weighted by Gasteiger charge is -2.10. The Morgan fingerprint density at radius 2 is 1.90 bits per heavy atom. The van der Waals surface area contributed by atoms with Crippen molar-refractivity contribution in [1.82, 2.24) is 9.88 Å². The third-order valence-corrected chi connectivity index (χ3v) is 3.44. The van der Waals surface area contributed by atoms with Crippen LogP contribution in [0.5, 0.6) is 0 Å². The molecule has 0 saturated heterocycles. The summed E-state index contributed by atoms with van der Waals surface area (Å²) in [6, 6.07) is 5.14. The number of nitrogens with zero attached hydrogens (tertiary/aromatic N) is 1. The number of anilines is 1. The van der Waals surface area contributed by atoms with Crippen LogP contribution in [0.2, 0.25) is 0 Å². The second kappa shape index (κ2) is 5.99. The Kier molecular flexibility index (Phi) is 4.31. The van der Waals surface area contributed by atoms with Gasteiger partial charge in [-0.05, 0) is 43.5 Å². The fourth-order valence-electron chi connectivity index (χ4n) is 2.40. The highest BCUT2D eigenvalue weighted by atomic mass is 19.1. The molecular formula is C16H20FN3O. The largest absolute Gasteiger partial charge is 0.397 e. The summed E-state index contributed by atoms with van der Waals surface area (Å²) < 4.78 is 15.4. The second-order valence-corrected chi connectivity index (χ2v) is 5.17. The second-order valence-electron chi connectivity index (χ2n) is 5.17. The van der Waals surface area contributed by atoms with Gasteiger partial charge in [0.25, 0.3) is 5.91 Å². The van der Waals surface area contributed by atoms with E-state index in [-0.39, 0.29) is 11.7 Å². The molecule has 112 valence electrons. The normalized spacial score (nSPS) is 10.7. The molecule has 3 N–H and O–H groups in total. The van der Waals surface area contributed by atoms with Gasteiger partial charge in [0.15, 0.2) is 0 Å². The number of hydrogen-bond donors (Lipinski definition) is 2. The molecule has 1 aromatic carbocycles. The molecule has 1 amide bonds. The van der Waals surface area contributed by atoms with E-state index in [0.717, 1.165) is 5.56 Å². The van der Waals surface area contributed by atoms with Crippen LogP contribution in [-0.4, -0.2) is 10.5 Å². The van der Waals surface area contributed by atoms with Crippen LogP contribution in [0.25, 0.3) is 0 Å². The molecular weight excluding hydrogens is 269 g/mol. The van der Waals surface area contributed by atoms with Gasteiger partial charge in [0.05, 0.1) is 5.69 Å². The Labute approximate surface area is 123 Å². The summed E-state index contributed by atoms with van der Waals surface area (Å²) >= 11 is 0. The first-order valence-corrected chi connectivity index (χ1v) is 6.91. The van der Waals surface area contributed by atoms with Crippen molar-refractivity contribution in [2.45, 2.75) is 33.9 Å². The van der Waals surface area contributed by atoms with Crippen molar-refractivity contribution in [3.63, 3.8) is 0 Å². The third kappa shape index (κ3) is 3.24. The summed E-state index contributed by atoms with van der Waals surface area (Å²) in [6.45, 7) is 6.42. The first-order valence-electron chi connectivity index (χ1n) is 6.91. The van der Waals surface area contributed by atoms with Crippen LogP contribution in [0, 0.1) is 19.7 Å². The minimum atomic E-state index is -0.197. The lowest BCUT2D eigenvalue weighted by atomic mass is 10.1. The molecule has 21 heavy (non-hydrogen) atoms. The van der Waals surface area contributed by atoms with E-state index >= 15 is 0 Å². The average Bonchev–Trinajstić information content (AvgIpc) is 2.83. The number of benzene rings is 1. The van der Waals surface area contributed by atoms with E-state index in [1.165, 1.54) is 0 Å². The van der Waals surface area contributed by atoms with Crippen LogP contribution >= 0.6 is 0 Å². The molecule has 0 radical (unpaired) electrons. The Morgan fingerprint density at radius 3 is 2.48 bits per heavy atom. The number of nitrogens with one attached hydrogen (secondary N) is 1. The van der Waals surface area contributed by atoms with E-state index in [0.29, 0.717) is 35.6 Å². The van der Waals surface area contributed by atoms with Gasteiger partial charge in [-0.25, -0.2) is 4.39 Å². The van der Waals surface area contributed by atoms with Crippen molar-refractivity contribution in [3.8, 4) is 0 Å². The topological polar surface area (TPSA) is 60.0 Å². The maximum atomic E-state index is 13.6. The molecule has 0 fully saturated rings. The number of nitrogen functional groups attached to an aromatic ring is 1. The molecule has 0 spiro atoms. The molecule has 5 heteroatoms. The number of carbonyl (C=O) groups excluding carboxylic acids is 1. The van der Waals surface area contributed by atoms with Crippen molar-refractivity contribution in [2.24, 2.45) is 0 Å². The lowest BCUT2D eigenvalue weighted by molar-refractivity contribution is 0.0941. The molecule has 0 bridgehead atoms. The minimum absolute atomic E-state index is 0.187. The summed E-state index contributed by atoms with van der Waals surface area (Å²) in [4.78, 5) is 12.2. The van der Waals surface area contributed by atoms with E-state index in [1.807, 2.05) is 6.92 Å². The fraction of sp³-hybridized carbons (Fsp3) is 0.312. The summed E-state index contributed by atoms with van der Waals surface area (Å²) in [5.74, 6) is -0.383. The molecule has 0 aliphatic heterocycles. The van der Waals surface area contributed by atoms with Gasteiger partial charge in [0, 0.05) is 19.3 Å². The SMILES string of the molecule is CCn1cc(N)cc1C(=O)NCc1cc(C)c(F)c(C)c1. The maximum absolute atomic E-state index is 13.6. The standard InChI is InChI=1S/C16H20FN3O/c1-4-20-9-13(18)7-14(20)16(21)19-8-12-5-10(2)15(17)11(3)6-12/h5-7,9H,4,8,18H2,1-3H3,(H,19,21). The molecule has 2 aromatic rings. The first-order chi connectivity index (χ1) is 9.92. The Bertz CT molecular complexity index is 653. The molecule has 0 atom stereocenters. The van der Waals surface area contributed by atoms with Crippen LogP contribution < -0.4 is 11.1 Å². The number of aromatic nitrogens is 1. The van der Waals surface area contributed by atoms with E-state index in [9.17, 15) is 9.18 Å². The average molecular weight is 289 g/mol. The van der Waals surface area contributed by atoms with Crippen molar-refractivity contribution in [1.29, 1.82) is 0 Å². The lowest BCUT2D eigenvalue weighted by Crippen LogP contribution is -2.25. The summed E-state index contributed by atoms with van der Waals surface area (Å²) in [6.07, 6.45) is 1.74. The predicted octanol–water partition coefficient (Wildman–Crippen LogP) is 2.78. The third-order valence-electron chi connectivity index (χ3n) is 3.44. The number of nitrogens with two attached hydrogens (primary N) is 1. The molecule has 0 unspecified atom stereocenters. The van der Waals surface area contributed by atoms with Crippen LogP contribution in [0.3, 0.4) is 0 Å². The highest BCUT2D eigenvalue weighted by molar-refractivity contribution is 5.93. The Hall–Kier alpha value is -2.30. The maximum Gasteiger partial charge on any atom is 0.268 e. The number of rotatable bonds is 4. The van der Waals surface area contributed by atoms with Gasteiger partial charge < -0.3 is 15.6 Å². The Morgan fingerprint density at radius 1 is 1.29 bits per heavy atom. The quantitative estimate of drug-likeness (QED) is 0.909. The first kappa shape index (κ1) is 15.1. The highest BCUT2D eigenvalue weighted by Crippen LogP contribution is 2.15. The van der Waals surface area contributed by atoms with Gasteiger partial charge in [0.2, 0.25) is 0 Å². The zero-order valence-electron chi connectivity index (χ0n) is 12.5. The fourth-order valence-corrected chi connectivity index (χ4v) is 2.40. The molecule has 0 aliphatic carbocycles. The molecule has 1 heterocycles. The van der Waals surface area contributed by atoms with Gasteiger partial charge in [-0.3, -0.25) is 4.79 Å². The van der Waals surface area contributed by atoms with Crippen molar-refractivity contribution in [2.75, 3.05) is 5.73 Å². The van der Waals surface area contributed by atoms with Gasteiger partial charge in [-0.15, -0.1) is 0 Å². The van der Waals surface area contributed by atoms with Gasteiger partial charge >= 0.3 is 0 Å². The minimum Gasteiger partial charge on any atom is -0.397 e. The molecule has 1 aromatic heterocycles. The van der Waals surface area contributed by atoms with E-state index in [1.54, 1.807) is 42.8 Å². The summed E-state index contributed by atoms with van der Waals surface area (Å²) in [7, 11) is 0. The molecule has 0 saturated carbocycles. The number of amides is 1. The van der Waals surface area contributed by atoms with Crippen molar-refractivity contribution in [3.05, 3.63) is 52.6 Å². The van der Waals surface area contributed by atoms with Gasteiger partial charge in [0.1, 0.15) is 11.5 Å². The zero-order valence-corrected chi connectivity index (χ0v) is 12.5. The number of hydrogen-bond acceptors (Lipinski definition) is 2. The molecule has 2 rings (SSSR count). The van der Waals surface area contributed by atoms with E-state index in [2.05, 4.69) is 5.32 Å². The van der Waals surface area contributed by atoms with Gasteiger partial charge in [-0.2, -0.15) is 0 Å². The monoisotopic (exact) mass is 289 g/mol. The number of halogens is 1. The van der Waals surface area contributed by atoms with Crippen molar-refractivity contribution < 1.29 is 9.18 Å². The smallest absolute Gasteiger partial charge is 0.268 e. The molecule has 0 aliphatic rings. The van der Waals surface area contributed by atoms with Crippen LogP contribution in [0.4, 0.5) is 10.1 Å². The van der Waals surface area contributed by atoms with Crippen LogP contribution in [-0.2, 0) is 13.1 Å². The highest BCUT2D eigenvalue weighted by Gasteiger charge is 2.12. The summed E-state index contributed by atoms with van der Waals surface area (Å²) in [5, 5.41) is 2.84. The Balaban J connectivity index is 2.11. The number of aryl methyl sites for hydroxylation is 3. The summed E-state index contributed by atoms with van der Waals surface area (Å²) in [5.41, 5.74) is 8.86. The van der Waals surface area contributed by atoms with Crippen molar-refractivity contribution >= 4 is 11.6 Å². The van der Waals surface area contributed by atoms with E-state index in [4.69, 9.17) is 5.73 Å². The number of carbonyl (C=O) groups is 1. The van der Waals surface area contributed by atoms with Crippen LogP contribution in [0.15, 0.2) is 24.4 Å².